The minimum atomic E-state index is 0.498. The van der Waals surface area contributed by atoms with Gasteiger partial charge in [0, 0.05) is 38.5 Å². The van der Waals surface area contributed by atoms with Crippen molar-refractivity contribution < 1.29 is 4.74 Å². The second-order valence-electron chi connectivity index (χ2n) is 6.16. The molecule has 3 fully saturated rings. The molecule has 1 N–H and O–H groups in total. The van der Waals surface area contributed by atoms with Crippen LogP contribution in [0.25, 0.3) is 0 Å². The molecule has 3 aliphatic heterocycles. The maximum atomic E-state index is 6.03. The second kappa shape index (κ2) is 5.29. The Labute approximate surface area is 124 Å². The maximum absolute atomic E-state index is 6.03. The Kier molecular flexibility index (Phi) is 3.29. The fourth-order valence-electron chi connectivity index (χ4n) is 4.10. The van der Waals surface area contributed by atoms with E-state index in [0.717, 1.165) is 32.1 Å². The van der Waals surface area contributed by atoms with Gasteiger partial charge < -0.3 is 15.0 Å². The Morgan fingerprint density at radius 1 is 1.33 bits per heavy atom. The van der Waals surface area contributed by atoms with Crippen molar-refractivity contribution in [2.75, 3.05) is 26.7 Å². The molecule has 0 radical (unpaired) electrons. The first-order valence-corrected chi connectivity index (χ1v) is 7.78. The Morgan fingerprint density at radius 3 is 2.71 bits per heavy atom. The highest BCUT2D eigenvalue weighted by atomic mass is 16.5. The minimum Gasteiger partial charge on any atom is -0.374 e. The van der Waals surface area contributed by atoms with E-state index in [9.17, 15) is 0 Å². The molecule has 0 amide bonds. The molecule has 4 atom stereocenters. The van der Waals surface area contributed by atoms with Crippen LogP contribution in [0.15, 0.2) is 17.6 Å². The highest BCUT2D eigenvalue weighted by Gasteiger charge is 2.53. The van der Waals surface area contributed by atoms with E-state index in [1.807, 2.05) is 11.7 Å². The lowest BCUT2D eigenvalue weighted by atomic mass is 9.82. The van der Waals surface area contributed by atoms with E-state index < -0.39 is 0 Å². The van der Waals surface area contributed by atoms with Crippen LogP contribution >= 0.6 is 0 Å². The zero-order chi connectivity index (χ0) is 14.2. The molecule has 0 spiro atoms. The molecule has 114 valence electrons. The van der Waals surface area contributed by atoms with Crippen molar-refractivity contribution in [2.45, 2.75) is 31.6 Å². The first kappa shape index (κ1) is 13.1. The fourth-order valence-corrected chi connectivity index (χ4v) is 4.10. The van der Waals surface area contributed by atoms with Crippen molar-refractivity contribution in [3.05, 3.63) is 12.7 Å². The van der Waals surface area contributed by atoms with Gasteiger partial charge in [-0.1, -0.05) is 0 Å². The summed E-state index contributed by atoms with van der Waals surface area (Å²) < 4.78 is 7.85. The summed E-state index contributed by atoms with van der Waals surface area (Å²) in [5.41, 5.74) is 0. The maximum Gasteiger partial charge on any atom is 0.193 e. The zero-order valence-corrected chi connectivity index (χ0v) is 12.4. The van der Waals surface area contributed by atoms with Gasteiger partial charge in [0.25, 0.3) is 0 Å². The number of aromatic nitrogens is 3. The topological polar surface area (TPSA) is 67.6 Å². The monoisotopic (exact) mass is 290 g/mol. The van der Waals surface area contributed by atoms with E-state index in [1.54, 1.807) is 12.7 Å². The summed E-state index contributed by atoms with van der Waals surface area (Å²) in [6, 6.07) is 0. The number of guanidine groups is 1. The van der Waals surface area contributed by atoms with Gasteiger partial charge in [0.2, 0.25) is 0 Å². The van der Waals surface area contributed by atoms with Gasteiger partial charge in [0.15, 0.2) is 5.96 Å². The number of hydrogen-bond donors (Lipinski definition) is 1. The summed E-state index contributed by atoms with van der Waals surface area (Å²) in [6.45, 7) is 3.77. The molecule has 0 aliphatic carbocycles. The van der Waals surface area contributed by atoms with Crippen molar-refractivity contribution in [1.82, 2.24) is 25.0 Å². The minimum absolute atomic E-state index is 0.498. The van der Waals surface area contributed by atoms with E-state index in [2.05, 4.69) is 25.3 Å². The predicted octanol–water partition coefficient (Wildman–Crippen LogP) is -0.0373. The van der Waals surface area contributed by atoms with Crippen LogP contribution in [0.4, 0.5) is 0 Å². The summed E-state index contributed by atoms with van der Waals surface area (Å²) >= 11 is 0. The SMILES string of the molecule is CN=C(NCCn1cncn1)N1CC2C3CCC(O3)C2C1. The quantitative estimate of drug-likeness (QED) is 0.625. The van der Waals surface area contributed by atoms with Crippen molar-refractivity contribution in [3.8, 4) is 0 Å². The van der Waals surface area contributed by atoms with Gasteiger partial charge in [-0.25, -0.2) is 4.98 Å². The normalized spacial score (nSPS) is 34.5. The Hall–Kier alpha value is -1.63. The first-order chi connectivity index (χ1) is 10.3. The molecule has 0 saturated carbocycles. The largest absolute Gasteiger partial charge is 0.374 e. The van der Waals surface area contributed by atoms with E-state index in [1.165, 1.54) is 12.8 Å². The third-order valence-electron chi connectivity index (χ3n) is 5.05. The molecule has 3 aliphatic rings. The number of ether oxygens (including phenoxy) is 1. The number of nitrogens with zero attached hydrogens (tertiary/aromatic N) is 5. The summed E-state index contributed by atoms with van der Waals surface area (Å²) in [5.74, 6) is 2.42. The lowest BCUT2D eigenvalue weighted by molar-refractivity contribution is 0.0767. The number of nitrogens with one attached hydrogen (secondary N) is 1. The third kappa shape index (κ3) is 2.29. The van der Waals surface area contributed by atoms with Crippen LogP contribution in [-0.4, -0.2) is 64.5 Å². The first-order valence-electron chi connectivity index (χ1n) is 7.78. The molecular weight excluding hydrogens is 268 g/mol. The summed E-state index contributed by atoms with van der Waals surface area (Å²) in [7, 11) is 1.86. The Morgan fingerprint density at radius 2 is 2.10 bits per heavy atom. The van der Waals surface area contributed by atoms with Crippen molar-refractivity contribution in [2.24, 2.45) is 16.8 Å². The van der Waals surface area contributed by atoms with E-state index in [-0.39, 0.29) is 0 Å². The van der Waals surface area contributed by atoms with Gasteiger partial charge in [-0.2, -0.15) is 5.10 Å². The average Bonchev–Trinajstić information content (AvgIpc) is 3.25. The summed E-state index contributed by atoms with van der Waals surface area (Å²) in [6.07, 6.45) is 6.79. The van der Waals surface area contributed by atoms with Crippen LogP contribution in [0, 0.1) is 11.8 Å². The van der Waals surface area contributed by atoms with Gasteiger partial charge in [-0.15, -0.1) is 0 Å². The Balaban J connectivity index is 1.32. The molecule has 0 aromatic carbocycles. The highest BCUT2D eigenvalue weighted by Crippen LogP contribution is 2.47. The van der Waals surface area contributed by atoms with Crippen LogP contribution in [0.3, 0.4) is 0 Å². The molecule has 4 heterocycles. The number of fused-ring (bicyclic) bond motifs is 5. The average molecular weight is 290 g/mol. The molecule has 7 heteroatoms. The molecule has 4 unspecified atom stereocenters. The number of likely N-dealkylation sites (tertiary alicyclic amines) is 1. The summed E-state index contributed by atoms with van der Waals surface area (Å²) in [5, 5.41) is 7.54. The Bertz CT molecular complexity index is 498. The molecule has 1 aromatic heterocycles. The van der Waals surface area contributed by atoms with Crippen LogP contribution in [0.5, 0.6) is 0 Å². The van der Waals surface area contributed by atoms with E-state index in [0.29, 0.717) is 24.0 Å². The van der Waals surface area contributed by atoms with Gasteiger partial charge >= 0.3 is 0 Å². The van der Waals surface area contributed by atoms with Crippen molar-refractivity contribution >= 4 is 5.96 Å². The van der Waals surface area contributed by atoms with E-state index in [4.69, 9.17) is 4.74 Å². The number of rotatable bonds is 3. The van der Waals surface area contributed by atoms with Gasteiger partial charge in [0.05, 0.1) is 18.8 Å². The van der Waals surface area contributed by atoms with Crippen LogP contribution in [0.2, 0.25) is 0 Å². The standard InChI is InChI=1S/C14H22N6O/c1-15-14(17-4-5-20-9-16-8-18-20)19-6-10-11(7-19)13-3-2-12(10)21-13/h8-13H,2-7H2,1H3,(H,15,17). The van der Waals surface area contributed by atoms with Crippen molar-refractivity contribution in [1.29, 1.82) is 0 Å². The van der Waals surface area contributed by atoms with Gasteiger partial charge in [-0.3, -0.25) is 9.67 Å². The molecule has 1 aromatic rings. The number of aliphatic imine (C=N–C) groups is 1. The smallest absolute Gasteiger partial charge is 0.193 e. The lowest BCUT2D eigenvalue weighted by Gasteiger charge is -2.23. The van der Waals surface area contributed by atoms with Gasteiger partial charge in [-0.05, 0) is 12.8 Å². The molecular formula is C14H22N6O. The second-order valence-corrected chi connectivity index (χ2v) is 6.16. The highest BCUT2D eigenvalue weighted by molar-refractivity contribution is 5.80. The van der Waals surface area contributed by atoms with E-state index >= 15 is 0 Å². The number of hydrogen-bond acceptors (Lipinski definition) is 4. The summed E-state index contributed by atoms with van der Waals surface area (Å²) in [4.78, 5) is 10.8. The van der Waals surface area contributed by atoms with Crippen LogP contribution in [-0.2, 0) is 11.3 Å². The molecule has 7 nitrogen and oxygen atoms in total. The van der Waals surface area contributed by atoms with Gasteiger partial charge in [0.1, 0.15) is 12.7 Å². The lowest BCUT2D eigenvalue weighted by Crippen LogP contribution is -2.42. The molecule has 21 heavy (non-hydrogen) atoms. The third-order valence-corrected chi connectivity index (χ3v) is 5.05. The molecule has 3 saturated heterocycles. The zero-order valence-electron chi connectivity index (χ0n) is 12.4. The van der Waals surface area contributed by atoms with Crippen molar-refractivity contribution in [3.63, 3.8) is 0 Å². The fraction of sp³-hybridized carbons (Fsp3) is 0.786. The molecule has 2 bridgehead atoms. The molecule has 4 rings (SSSR count). The van der Waals surface area contributed by atoms with Crippen LogP contribution in [0.1, 0.15) is 12.8 Å². The van der Waals surface area contributed by atoms with Crippen LogP contribution < -0.4 is 5.32 Å². The predicted molar refractivity (Wildman–Crippen MR) is 77.8 cm³/mol.